The maximum absolute atomic E-state index is 12.4. The first-order valence-electron chi connectivity index (χ1n) is 9.16. The summed E-state index contributed by atoms with van der Waals surface area (Å²) in [7, 11) is 0. The van der Waals surface area contributed by atoms with E-state index in [4.69, 9.17) is 9.44 Å². The zero-order valence-corrected chi connectivity index (χ0v) is 14.9. The van der Waals surface area contributed by atoms with Crippen molar-refractivity contribution in [2.75, 3.05) is 0 Å². The molecule has 0 bridgehead atoms. The first-order valence-corrected chi connectivity index (χ1v) is 9.82. The molecule has 6 heteroatoms. The van der Waals surface area contributed by atoms with Gasteiger partial charge >= 0.3 is 0 Å². The van der Waals surface area contributed by atoms with Crippen LogP contribution in [-0.4, -0.2) is 17.1 Å². The SMILES string of the molecule is C[C@]12CCC3C4CC[C@H](OSOOO)CC4=CCC3C1CCC2=O. The fourth-order valence-electron chi connectivity index (χ4n) is 6.17. The zero-order chi connectivity index (χ0) is 16.7. The molecule has 0 heterocycles. The highest BCUT2D eigenvalue weighted by atomic mass is 32.2. The molecule has 0 aromatic rings. The minimum Gasteiger partial charge on any atom is -0.299 e. The van der Waals surface area contributed by atoms with Crippen molar-refractivity contribution in [2.24, 2.45) is 29.1 Å². The van der Waals surface area contributed by atoms with Crippen LogP contribution in [-0.2, 0) is 18.3 Å². The molecule has 134 valence electrons. The Morgan fingerprint density at radius 2 is 2.12 bits per heavy atom. The second-order valence-electron chi connectivity index (χ2n) is 8.18. The van der Waals surface area contributed by atoms with Crippen LogP contribution in [0.25, 0.3) is 0 Å². The molecule has 0 aromatic carbocycles. The van der Waals surface area contributed by atoms with Gasteiger partial charge < -0.3 is 0 Å². The standard InChI is InChI=1S/C18H26O5S/c1-18-9-8-14-13-5-3-12(21-24-23-22-20)10-11(13)2-4-15(14)16(18)6-7-17(18)19/h2,12-16,20H,3-10H2,1H3/t12-,13?,14?,15?,16?,18-/m0/s1. The number of carbonyl (C=O) groups is 1. The number of hydrogen-bond acceptors (Lipinski definition) is 6. The largest absolute Gasteiger partial charge is 0.299 e. The van der Waals surface area contributed by atoms with E-state index >= 15 is 0 Å². The van der Waals surface area contributed by atoms with Crippen LogP contribution >= 0.6 is 12.3 Å². The van der Waals surface area contributed by atoms with Gasteiger partial charge in [0.15, 0.2) is 12.3 Å². The molecule has 0 amide bonds. The predicted octanol–water partition coefficient (Wildman–Crippen LogP) is 4.50. The fourth-order valence-corrected chi connectivity index (χ4v) is 6.50. The van der Waals surface area contributed by atoms with E-state index in [-0.39, 0.29) is 11.5 Å². The average molecular weight is 354 g/mol. The van der Waals surface area contributed by atoms with Gasteiger partial charge in [-0.25, -0.2) is 5.26 Å². The van der Waals surface area contributed by atoms with Crippen molar-refractivity contribution in [1.82, 2.24) is 0 Å². The fraction of sp³-hybridized carbons (Fsp3) is 0.833. The Labute approximate surface area is 147 Å². The van der Waals surface area contributed by atoms with Crippen LogP contribution < -0.4 is 0 Å². The van der Waals surface area contributed by atoms with Crippen molar-refractivity contribution < 1.29 is 23.6 Å². The predicted molar refractivity (Wildman–Crippen MR) is 89.4 cm³/mol. The molecule has 3 saturated carbocycles. The van der Waals surface area contributed by atoms with Crippen LogP contribution in [0.15, 0.2) is 11.6 Å². The van der Waals surface area contributed by atoms with Gasteiger partial charge in [-0.3, -0.25) is 8.98 Å². The molecule has 4 aliphatic rings. The molecule has 0 radical (unpaired) electrons. The smallest absolute Gasteiger partial charge is 0.197 e. The lowest BCUT2D eigenvalue weighted by Gasteiger charge is -2.51. The summed E-state index contributed by atoms with van der Waals surface area (Å²) in [4.78, 5) is 12.4. The van der Waals surface area contributed by atoms with Crippen molar-refractivity contribution in [3.8, 4) is 0 Å². The van der Waals surface area contributed by atoms with Gasteiger partial charge in [-0.15, -0.1) is 4.33 Å². The molecular formula is C18H26O5S. The Morgan fingerprint density at radius 3 is 2.96 bits per heavy atom. The lowest BCUT2D eigenvalue weighted by atomic mass is 9.53. The maximum atomic E-state index is 12.4. The van der Waals surface area contributed by atoms with Crippen molar-refractivity contribution in [3.05, 3.63) is 11.6 Å². The summed E-state index contributed by atoms with van der Waals surface area (Å²) in [6, 6.07) is 0. The van der Waals surface area contributed by atoms with Gasteiger partial charge in [0.05, 0.1) is 6.10 Å². The van der Waals surface area contributed by atoms with Crippen LogP contribution in [0, 0.1) is 29.1 Å². The minimum absolute atomic E-state index is 0.0366. The first-order chi connectivity index (χ1) is 11.6. The number of carbonyl (C=O) groups excluding carboxylic acids is 1. The molecular weight excluding hydrogens is 328 g/mol. The van der Waals surface area contributed by atoms with E-state index in [1.807, 2.05) is 0 Å². The number of hydrogen-bond donors (Lipinski definition) is 1. The van der Waals surface area contributed by atoms with Crippen molar-refractivity contribution >= 4 is 18.1 Å². The molecule has 1 N–H and O–H groups in total. The van der Waals surface area contributed by atoms with Gasteiger partial charge in [-0.1, -0.05) is 23.6 Å². The van der Waals surface area contributed by atoms with E-state index < -0.39 is 0 Å². The Hall–Kier alpha value is -0.400. The lowest BCUT2D eigenvalue weighted by molar-refractivity contribution is -0.434. The summed E-state index contributed by atoms with van der Waals surface area (Å²) in [5.41, 5.74) is 1.50. The second-order valence-corrected chi connectivity index (χ2v) is 8.65. The molecule has 0 aromatic heterocycles. The average Bonchev–Trinajstić information content (AvgIpc) is 2.90. The van der Waals surface area contributed by atoms with Gasteiger partial charge in [-0.05, 0) is 68.6 Å². The van der Waals surface area contributed by atoms with E-state index in [2.05, 4.69) is 22.4 Å². The van der Waals surface area contributed by atoms with E-state index in [1.54, 1.807) is 0 Å². The van der Waals surface area contributed by atoms with Crippen molar-refractivity contribution in [2.45, 2.75) is 64.4 Å². The summed E-state index contributed by atoms with van der Waals surface area (Å²) in [5.74, 6) is 3.23. The first kappa shape index (κ1) is 17.0. The summed E-state index contributed by atoms with van der Waals surface area (Å²) in [5, 5.41) is 11.7. The van der Waals surface area contributed by atoms with Gasteiger partial charge in [0.1, 0.15) is 5.78 Å². The monoisotopic (exact) mass is 354 g/mol. The van der Waals surface area contributed by atoms with Crippen LogP contribution in [0.1, 0.15) is 58.3 Å². The number of fused-ring (bicyclic) bond motifs is 5. The Balaban J connectivity index is 1.45. The normalized spacial score (nSPS) is 44.5. The highest BCUT2D eigenvalue weighted by Gasteiger charge is 2.55. The van der Waals surface area contributed by atoms with Crippen molar-refractivity contribution in [3.63, 3.8) is 0 Å². The quantitative estimate of drug-likeness (QED) is 0.264. The lowest BCUT2D eigenvalue weighted by Crippen LogP contribution is -2.46. The van der Waals surface area contributed by atoms with Gasteiger partial charge in [0.2, 0.25) is 0 Å². The van der Waals surface area contributed by atoms with Gasteiger partial charge in [0, 0.05) is 11.8 Å². The Morgan fingerprint density at radius 1 is 1.25 bits per heavy atom. The second kappa shape index (κ2) is 6.72. The van der Waals surface area contributed by atoms with E-state index in [0.717, 1.165) is 50.9 Å². The number of rotatable bonds is 4. The molecule has 4 aliphatic carbocycles. The maximum Gasteiger partial charge on any atom is 0.197 e. The van der Waals surface area contributed by atoms with Crippen LogP contribution in [0.5, 0.6) is 0 Å². The molecule has 3 fully saturated rings. The number of Topliss-reactive ketones (excluding diaryl/α,β-unsaturated/α-hetero) is 1. The van der Waals surface area contributed by atoms with Crippen LogP contribution in [0.3, 0.4) is 0 Å². The van der Waals surface area contributed by atoms with E-state index in [1.165, 1.54) is 12.0 Å². The Kier molecular flexibility index (Phi) is 4.77. The molecule has 0 spiro atoms. The highest BCUT2D eigenvalue weighted by molar-refractivity contribution is 7.89. The van der Waals surface area contributed by atoms with Crippen molar-refractivity contribution in [1.29, 1.82) is 0 Å². The topological polar surface area (TPSA) is 65.0 Å². The zero-order valence-electron chi connectivity index (χ0n) is 14.1. The third-order valence-electron chi connectivity index (χ3n) is 7.34. The van der Waals surface area contributed by atoms with Crippen LogP contribution in [0.4, 0.5) is 0 Å². The van der Waals surface area contributed by atoms with E-state index in [9.17, 15) is 4.79 Å². The Bertz CT molecular complexity index is 536. The van der Waals surface area contributed by atoms with Crippen LogP contribution in [0.2, 0.25) is 0 Å². The number of allylic oxidation sites excluding steroid dienone is 1. The third kappa shape index (κ3) is 2.76. The summed E-state index contributed by atoms with van der Waals surface area (Å²) in [6.45, 7) is 2.23. The molecule has 6 atom stereocenters. The molecule has 0 saturated heterocycles. The molecule has 0 aliphatic heterocycles. The molecule has 4 rings (SSSR count). The molecule has 5 nitrogen and oxygen atoms in total. The molecule has 4 unspecified atom stereocenters. The summed E-state index contributed by atoms with van der Waals surface area (Å²) < 4.78 is 9.86. The van der Waals surface area contributed by atoms with Gasteiger partial charge in [-0.2, -0.15) is 0 Å². The summed E-state index contributed by atoms with van der Waals surface area (Å²) >= 11 is 0.697. The summed E-state index contributed by atoms with van der Waals surface area (Å²) in [6.07, 6.45) is 11.0. The minimum atomic E-state index is -0.0366. The highest BCUT2D eigenvalue weighted by Crippen LogP contribution is 2.60. The third-order valence-corrected chi connectivity index (χ3v) is 7.81. The van der Waals surface area contributed by atoms with Gasteiger partial charge in [0.25, 0.3) is 0 Å². The number of ketones is 1. The van der Waals surface area contributed by atoms with E-state index in [0.29, 0.717) is 35.9 Å². The molecule has 24 heavy (non-hydrogen) atoms.